The number of rotatable bonds is 5. The fourth-order valence-electron chi connectivity index (χ4n) is 1.98. The van der Waals surface area contributed by atoms with Gasteiger partial charge in [0.05, 0.1) is 10.6 Å². The quantitative estimate of drug-likeness (QED) is 0.901. The summed E-state index contributed by atoms with van der Waals surface area (Å²) in [7, 11) is 3.90. The lowest BCUT2D eigenvalue weighted by Crippen LogP contribution is -2.51. The first kappa shape index (κ1) is 15.6. The van der Waals surface area contributed by atoms with Gasteiger partial charge < -0.3 is 10.0 Å². The number of nitrogens with zero attached hydrogens (tertiary/aromatic N) is 1. The number of likely N-dealkylation sites (N-methyl/N-ethyl adjacent to an activating group) is 1. The minimum absolute atomic E-state index is 0.289. The van der Waals surface area contributed by atoms with Crippen LogP contribution in [-0.2, 0) is 6.42 Å². The molecule has 0 saturated carbocycles. The highest BCUT2D eigenvalue weighted by molar-refractivity contribution is 9.10. The first-order valence-electron chi connectivity index (χ1n) is 6.11. The SMILES string of the molecule is CCC(C)(C(O)Cc1cccc(F)c1Br)N(C)C. The fourth-order valence-corrected chi connectivity index (χ4v) is 2.41. The van der Waals surface area contributed by atoms with E-state index in [4.69, 9.17) is 0 Å². The van der Waals surface area contributed by atoms with Crippen molar-refractivity contribution >= 4 is 15.9 Å². The number of hydrogen-bond donors (Lipinski definition) is 1. The highest BCUT2D eigenvalue weighted by atomic mass is 79.9. The molecule has 0 spiro atoms. The monoisotopic (exact) mass is 317 g/mol. The van der Waals surface area contributed by atoms with E-state index in [2.05, 4.69) is 15.9 Å². The average molecular weight is 318 g/mol. The Labute approximate surface area is 117 Å². The highest BCUT2D eigenvalue weighted by Gasteiger charge is 2.33. The average Bonchev–Trinajstić information content (AvgIpc) is 2.33. The molecule has 102 valence electrons. The molecule has 0 aromatic heterocycles. The van der Waals surface area contributed by atoms with E-state index in [-0.39, 0.29) is 11.4 Å². The van der Waals surface area contributed by atoms with Gasteiger partial charge in [0, 0.05) is 12.0 Å². The summed E-state index contributed by atoms with van der Waals surface area (Å²) in [6.07, 6.45) is 0.713. The maximum absolute atomic E-state index is 13.4. The molecule has 0 amide bonds. The predicted molar refractivity (Wildman–Crippen MR) is 76.2 cm³/mol. The van der Waals surface area contributed by atoms with Crippen molar-refractivity contribution in [1.29, 1.82) is 0 Å². The molecule has 0 radical (unpaired) electrons. The van der Waals surface area contributed by atoms with E-state index in [1.165, 1.54) is 6.07 Å². The maximum Gasteiger partial charge on any atom is 0.137 e. The van der Waals surface area contributed by atoms with E-state index in [1.54, 1.807) is 6.07 Å². The van der Waals surface area contributed by atoms with E-state index < -0.39 is 6.10 Å². The molecule has 1 aromatic carbocycles. The van der Waals surface area contributed by atoms with Crippen LogP contribution >= 0.6 is 15.9 Å². The first-order chi connectivity index (χ1) is 8.32. The third-order valence-corrected chi connectivity index (χ3v) is 4.79. The molecular weight excluding hydrogens is 297 g/mol. The van der Waals surface area contributed by atoms with Crippen LogP contribution in [0.3, 0.4) is 0 Å². The summed E-state index contributed by atoms with van der Waals surface area (Å²) in [5.41, 5.74) is 0.482. The topological polar surface area (TPSA) is 23.5 Å². The Hall–Kier alpha value is -0.450. The van der Waals surface area contributed by atoms with Crippen molar-refractivity contribution < 1.29 is 9.50 Å². The summed E-state index contributed by atoms with van der Waals surface area (Å²) in [5, 5.41) is 10.4. The third-order valence-electron chi connectivity index (χ3n) is 3.90. The number of hydrogen-bond acceptors (Lipinski definition) is 2. The second-order valence-electron chi connectivity index (χ2n) is 5.04. The van der Waals surface area contributed by atoms with Crippen LogP contribution in [0, 0.1) is 5.82 Å². The minimum atomic E-state index is -0.546. The molecule has 0 fully saturated rings. The van der Waals surface area contributed by atoms with Gasteiger partial charge in [0.1, 0.15) is 5.82 Å². The van der Waals surface area contributed by atoms with Gasteiger partial charge >= 0.3 is 0 Å². The fraction of sp³-hybridized carbons (Fsp3) is 0.571. The van der Waals surface area contributed by atoms with Crippen LogP contribution in [0.2, 0.25) is 0 Å². The number of benzene rings is 1. The van der Waals surface area contributed by atoms with Crippen molar-refractivity contribution in [3.8, 4) is 0 Å². The van der Waals surface area contributed by atoms with Crippen molar-refractivity contribution in [3.63, 3.8) is 0 Å². The van der Waals surface area contributed by atoms with E-state index in [0.717, 1.165) is 12.0 Å². The summed E-state index contributed by atoms with van der Waals surface area (Å²) < 4.78 is 13.9. The Balaban J connectivity index is 2.93. The largest absolute Gasteiger partial charge is 0.391 e. The lowest BCUT2D eigenvalue weighted by molar-refractivity contribution is 0.00288. The molecule has 0 heterocycles. The summed E-state index contributed by atoms with van der Waals surface area (Å²) in [5.74, 6) is -0.289. The lowest BCUT2D eigenvalue weighted by Gasteiger charge is -2.40. The Kier molecular flexibility index (Phi) is 5.32. The minimum Gasteiger partial charge on any atom is -0.391 e. The summed E-state index contributed by atoms with van der Waals surface area (Å²) in [4.78, 5) is 2.02. The zero-order chi connectivity index (χ0) is 13.9. The maximum atomic E-state index is 13.4. The Morgan fingerprint density at radius 3 is 2.56 bits per heavy atom. The van der Waals surface area contributed by atoms with E-state index in [9.17, 15) is 9.50 Å². The van der Waals surface area contributed by atoms with Gasteiger partial charge in [-0.25, -0.2) is 4.39 Å². The van der Waals surface area contributed by atoms with Gasteiger partial charge in [-0.05, 0) is 55.0 Å². The van der Waals surface area contributed by atoms with Gasteiger partial charge in [0.15, 0.2) is 0 Å². The predicted octanol–water partition coefficient (Wildman–Crippen LogP) is 3.22. The van der Waals surface area contributed by atoms with Crippen molar-refractivity contribution in [2.24, 2.45) is 0 Å². The smallest absolute Gasteiger partial charge is 0.137 e. The van der Waals surface area contributed by atoms with Crippen LogP contribution in [0.25, 0.3) is 0 Å². The number of aliphatic hydroxyl groups is 1. The number of aliphatic hydroxyl groups excluding tert-OH is 1. The summed E-state index contributed by atoms with van der Waals surface area (Å²) in [6.45, 7) is 4.06. The van der Waals surface area contributed by atoms with Crippen molar-refractivity contribution in [2.75, 3.05) is 14.1 Å². The van der Waals surface area contributed by atoms with Gasteiger partial charge in [-0.1, -0.05) is 19.1 Å². The second-order valence-corrected chi connectivity index (χ2v) is 5.83. The van der Waals surface area contributed by atoms with Gasteiger partial charge in [-0.15, -0.1) is 0 Å². The van der Waals surface area contributed by atoms with Crippen LogP contribution < -0.4 is 0 Å². The third kappa shape index (κ3) is 3.11. The molecule has 18 heavy (non-hydrogen) atoms. The molecular formula is C14H21BrFNO. The Morgan fingerprint density at radius 1 is 1.44 bits per heavy atom. The molecule has 1 N–H and O–H groups in total. The number of halogens is 2. The second kappa shape index (κ2) is 6.13. The van der Waals surface area contributed by atoms with Crippen molar-refractivity contribution in [3.05, 3.63) is 34.1 Å². The first-order valence-corrected chi connectivity index (χ1v) is 6.90. The Morgan fingerprint density at radius 2 is 2.06 bits per heavy atom. The van der Waals surface area contributed by atoms with Crippen LogP contribution in [0.5, 0.6) is 0 Å². The Bertz CT molecular complexity index is 411. The van der Waals surface area contributed by atoms with Crippen molar-refractivity contribution in [2.45, 2.75) is 38.3 Å². The summed E-state index contributed by atoms with van der Waals surface area (Å²) >= 11 is 3.23. The van der Waals surface area contributed by atoms with Crippen LogP contribution in [-0.4, -0.2) is 35.7 Å². The van der Waals surface area contributed by atoms with Gasteiger partial charge in [-0.2, -0.15) is 0 Å². The molecule has 0 aliphatic rings. The molecule has 0 bridgehead atoms. The van der Waals surface area contributed by atoms with E-state index in [0.29, 0.717) is 10.9 Å². The molecule has 0 saturated heterocycles. The molecule has 2 atom stereocenters. The molecule has 1 aromatic rings. The molecule has 2 nitrogen and oxygen atoms in total. The summed E-state index contributed by atoms with van der Waals surface area (Å²) in [6, 6.07) is 4.91. The van der Waals surface area contributed by atoms with Crippen LogP contribution in [0.1, 0.15) is 25.8 Å². The molecule has 4 heteroatoms. The van der Waals surface area contributed by atoms with E-state index in [1.807, 2.05) is 38.9 Å². The molecule has 2 unspecified atom stereocenters. The van der Waals surface area contributed by atoms with Gasteiger partial charge in [-0.3, -0.25) is 0 Å². The van der Waals surface area contributed by atoms with Crippen molar-refractivity contribution in [1.82, 2.24) is 4.90 Å². The highest BCUT2D eigenvalue weighted by Crippen LogP contribution is 2.27. The van der Waals surface area contributed by atoms with Gasteiger partial charge in [0.2, 0.25) is 0 Å². The molecule has 0 aliphatic carbocycles. The lowest BCUT2D eigenvalue weighted by atomic mass is 9.86. The van der Waals surface area contributed by atoms with E-state index >= 15 is 0 Å². The van der Waals surface area contributed by atoms with Gasteiger partial charge in [0.25, 0.3) is 0 Å². The van der Waals surface area contributed by atoms with Crippen LogP contribution in [0.4, 0.5) is 4.39 Å². The standard InChI is InChI=1S/C14H21BrFNO/c1-5-14(2,17(3)4)12(18)9-10-7-6-8-11(16)13(10)15/h6-8,12,18H,5,9H2,1-4H3. The zero-order valence-corrected chi connectivity index (χ0v) is 13.0. The molecule has 0 aliphatic heterocycles. The normalized spacial score (nSPS) is 16.7. The van der Waals surface area contributed by atoms with Crippen LogP contribution in [0.15, 0.2) is 22.7 Å². The zero-order valence-electron chi connectivity index (χ0n) is 11.4. The molecule has 1 rings (SSSR count).